The van der Waals surface area contributed by atoms with Crippen LogP contribution in [0, 0.1) is 17.5 Å². The van der Waals surface area contributed by atoms with Gasteiger partial charge in [-0.1, -0.05) is 0 Å². The number of anilines is 1. The number of nitrogens with two attached hydrogens (primary N) is 1. The van der Waals surface area contributed by atoms with E-state index in [-0.39, 0.29) is 23.4 Å². The van der Waals surface area contributed by atoms with Crippen LogP contribution in [0.25, 0.3) is 0 Å². The van der Waals surface area contributed by atoms with Crippen LogP contribution in [0.2, 0.25) is 0 Å². The Bertz CT molecular complexity index is 690. The highest BCUT2D eigenvalue weighted by Crippen LogP contribution is 2.29. The number of halogens is 3. The van der Waals surface area contributed by atoms with Crippen LogP contribution in [0.5, 0.6) is 11.5 Å². The minimum Gasteiger partial charge on any atom is -0.496 e. The number of hydrogen-bond acceptors (Lipinski definition) is 3. The number of ether oxygens (including phenoxy) is 2. The largest absolute Gasteiger partial charge is 0.496 e. The van der Waals surface area contributed by atoms with E-state index in [2.05, 4.69) is 0 Å². The molecule has 0 unspecified atom stereocenters. The smallest absolute Gasteiger partial charge is 0.165 e. The molecule has 0 atom stereocenters. The Morgan fingerprint density at radius 1 is 0.909 bits per heavy atom. The number of nitrogen functional groups attached to an aromatic ring is 1. The molecule has 0 amide bonds. The third kappa shape index (κ3) is 3.10. The van der Waals surface area contributed by atoms with Gasteiger partial charge >= 0.3 is 0 Å². The van der Waals surface area contributed by atoms with Crippen LogP contribution in [0.4, 0.5) is 18.9 Å². The molecular formula is C16H16F3NO2. The maximum atomic E-state index is 13.9. The van der Waals surface area contributed by atoms with Gasteiger partial charge in [0.15, 0.2) is 11.6 Å². The van der Waals surface area contributed by atoms with Gasteiger partial charge in [-0.2, -0.15) is 0 Å². The van der Waals surface area contributed by atoms with E-state index in [9.17, 15) is 13.2 Å². The molecule has 0 aliphatic carbocycles. The minimum atomic E-state index is -0.951. The summed E-state index contributed by atoms with van der Waals surface area (Å²) in [6.07, 6.45) is 0.457. The fraction of sp³-hybridized carbons (Fsp3) is 0.250. The van der Waals surface area contributed by atoms with E-state index in [0.717, 1.165) is 6.07 Å². The van der Waals surface area contributed by atoms with Crippen molar-refractivity contribution in [2.24, 2.45) is 0 Å². The molecule has 0 aromatic heterocycles. The summed E-state index contributed by atoms with van der Waals surface area (Å²) in [6, 6.07) is 4.97. The third-order valence-corrected chi connectivity index (χ3v) is 3.42. The zero-order valence-electron chi connectivity index (χ0n) is 12.3. The number of hydrogen-bond donors (Lipinski definition) is 1. The Morgan fingerprint density at radius 2 is 1.59 bits per heavy atom. The van der Waals surface area contributed by atoms with Crippen LogP contribution in [-0.4, -0.2) is 14.2 Å². The first kappa shape index (κ1) is 16.0. The Balaban J connectivity index is 2.31. The van der Waals surface area contributed by atoms with Gasteiger partial charge < -0.3 is 15.2 Å². The second kappa shape index (κ2) is 6.60. The Morgan fingerprint density at radius 3 is 2.23 bits per heavy atom. The van der Waals surface area contributed by atoms with Crippen LogP contribution >= 0.6 is 0 Å². The quantitative estimate of drug-likeness (QED) is 0.860. The molecule has 2 aromatic rings. The zero-order valence-corrected chi connectivity index (χ0v) is 12.3. The molecule has 0 heterocycles. The van der Waals surface area contributed by atoms with E-state index in [1.165, 1.54) is 32.4 Å². The fourth-order valence-electron chi connectivity index (χ4n) is 2.26. The normalized spacial score (nSPS) is 10.6. The highest BCUT2D eigenvalue weighted by molar-refractivity contribution is 5.50. The van der Waals surface area contributed by atoms with Gasteiger partial charge in [-0.25, -0.2) is 13.2 Å². The summed E-state index contributed by atoms with van der Waals surface area (Å²) < 4.78 is 50.8. The number of rotatable bonds is 5. The van der Waals surface area contributed by atoms with E-state index < -0.39 is 17.5 Å². The van der Waals surface area contributed by atoms with Crippen molar-refractivity contribution in [1.82, 2.24) is 0 Å². The summed E-state index contributed by atoms with van der Waals surface area (Å²) in [5, 5.41) is 0. The van der Waals surface area contributed by atoms with E-state index in [4.69, 9.17) is 15.2 Å². The molecule has 0 fully saturated rings. The van der Waals surface area contributed by atoms with Gasteiger partial charge in [0.25, 0.3) is 0 Å². The lowest BCUT2D eigenvalue weighted by Crippen LogP contribution is -2.03. The van der Waals surface area contributed by atoms with E-state index in [1.54, 1.807) is 0 Å². The third-order valence-electron chi connectivity index (χ3n) is 3.42. The molecule has 0 aliphatic rings. The number of aryl methyl sites for hydroxylation is 1. The molecule has 3 nitrogen and oxygen atoms in total. The van der Waals surface area contributed by atoms with Crippen molar-refractivity contribution >= 4 is 5.69 Å². The van der Waals surface area contributed by atoms with Crippen LogP contribution in [0.1, 0.15) is 11.1 Å². The summed E-state index contributed by atoms with van der Waals surface area (Å²) in [5.74, 6) is -1.92. The molecule has 2 rings (SSSR count). The monoisotopic (exact) mass is 311 g/mol. The van der Waals surface area contributed by atoms with Crippen LogP contribution < -0.4 is 15.2 Å². The van der Waals surface area contributed by atoms with Gasteiger partial charge in [-0.3, -0.25) is 0 Å². The summed E-state index contributed by atoms with van der Waals surface area (Å²) in [6.45, 7) is 0. The molecule has 0 radical (unpaired) electrons. The van der Waals surface area contributed by atoms with Crippen molar-refractivity contribution in [2.75, 3.05) is 20.0 Å². The lowest BCUT2D eigenvalue weighted by atomic mass is 10.0. The van der Waals surface area contributed by atoms with Crippen molar-refractivity contribution in [3.8, 4) is 11.5 Å². The van der Waals surface area contributed by atoms with Crippen LogP contribution in [-0.2, 0) is 12.8 Å². The molecule has 0 bridgehead atoms. The summed E-state index contributed by atoms with van der Waals surface area (Å²) in [5.41, 5.74) is 6.23. The molecule has 118 valence electrons. The first-order chi connectivity index (χ1) is 10.5. The van der Waals surface area contributed by atoms with E-state index >= 15 is 0 Å². The highest BCUT2D eigenvalue weighted by Gasteiger charge is 2.16. The van der Waals surface area contributed by atoms with Gasteiger partial charge in [0.2, 0.25) is 0 Å². The van der Waals surface area contributed by atoms with Gasteiger partial charge in [-0.05, 0) is 36.6 Å². The van der Waals surface area contributed by atoms with Crippen molar-refractivity contribution in [3.05, 3.63) is 52.8 Å². The van der Waals surface area contributed by atoms with Gasteiger partial charge in [0.05, 0.1) is 19.9 Å². The summed E-state index contributed by atoms with van der Waals surface area (Å²) in [4.78, 5) is 0. The Kier molecular flexibility index (Phi) is 4.80. The van der Waals surface area contributed by atoms with Gasteiger partial charge in [0.1, 0.15) is 17.3 Å². The maximum absolute atomic E-state index is 13.9. The van der Waals surface area contributed by atoms with Crippen molar-refractivity contribution in [2.45, 2.75) is 12.8 Å². The van der Waals surface area contributed by atoms with Gasteiger partial charge in [-0.15, -0.1) is 0 Å². The Labute approximate surface area is 126 Å². The minimum absolute atomic E-state index is 0.0255. The predicted molar refractivity (Wildman–Crippen MR) is 77.7 cm³/mol. The molecule has 2 N–H and O–H groups in total. The van der Waals surface area contributed by atoms with E-state index in [1.807, 2.05) is 0 Å². The lowest BCUT2D eigenvalue weighted by Gasteiger charge is -2.13. The second-order valence-corrected chi connectivity index (χ2v) is 4.73. The molecule has 0 spiro atoms. The maximum Gasteiger partial charge on any atom is 0.165 e. The fourth-order valence-corrected chi connectivity index (χ4v) is 2.26. The standard InChI is InChI=1S/C16H16F3NO2/c1-21-14-6-5-11(17)16(19)10(14)4-3-9-7-13(20)12(18)8-15(9)22-2/h5-8H,3-4,20H2,1-2H3. The molecule has 0 aliphatic heterocycles. The van der Waals surface area contributed by atoms with Crippen LogP contribution in [0.15, 0.2) is 24.3 Å². The Hall–Kier alpha value is -2.37. The number of methoxy groups -OCH3 is 2. The molecule has 22 heavy (non-hydrogen) atoms. The van der Waals surface area contributed by atoms with Crippen molar-refractivity contribution in [3.63, 3.8) is 0 Å². The van der Waals surface area contributed by atoms with Crippen molar-refractivity contribution < 1.29 is 22.6 Å². The zero-order chi connectivity index (χ0) is 16.3. The summed E-state index contributed by atoms with van der Waals surface area (Å²) in [7, 11) is 2.78. The second-order valence-electron chi connectivity index (χ2n) is 4.73. The molecule has 0 saturated heterocycles. The molecule has 6 heteroatoms. The average molecular weight is 311 g/mol. The molecule has 0 saturated carbocycles. The average Bonchev–Trinajstić information content (AvgIpc) is 2.51. The molecular weight excluding hydrogens is 295 g/mol. The van der Waals surface area contributed by atoms with Gasteiger partial charge in [0, 0.05) is 11.6 Å². The van der Waals surface area contributed by atoms with Crippen LogP contribution in [0.3, 0.4) is 0 Å². The summed E-state index contributed by atoms with van der Waals surface area (Å²) >= 11 is 0. The van der Waals surface area contributed by atoms with E-state index in [0.29, 0.717) is 17.7 Å². The first-order valence-electron chi connectivity index (χ1n) is 6.60. The highest BCUT2D eigenvalue weighted by atomic mass is 19.2. The molecule has 2 aromatic carbocycles. The first-order valence-corrected chi connectivity index (χ1v) is 6.60. The number of benzene rings is 2. The topological polar surface area (TPSA) is 44.5 Å². The predicted octanol–water partition coefficient (Wildman–Crippen LogP) is 3.49. The van der Waals surface area contributed by atoms with Crippen molar-refractivity contribution in [1.29, 1.82) is 0 Å². The lowest BCUT2D eigenvalue weighted by molar-refractivity contribution is 0.395. The SMILES string of the molecule is COc1cc(F)c(N)cc1CCc1c(OC)ccc(F)c1F.